The zero-order valence-electron chi connectivity index (χ0n) is 10.6. The Balaban J connectivity index is 2.16. The summed E-state index contributed by atoms with van der Waals surface area (Å²) in [5, 5.41) is 1.16. The first-order valence-electron chi connectivity index (χ1n) is 6.44. The molecule has 2 aromatic rings. The molecule has 0 bridgehead atoms. The van der Waals surface area contributed by atoms with E-state index in [1.807, 2.05) is 24.5 Å². The minimum Gasteiger partial charge on any atom is -0.464 e. The maximum absolute atomic E-state index is 6.28. The second kappa shape index (κ2) is 5.37. The molecule has 0 aliphatic rings. The van der Waals surface area contributed by atoms with Crippen LogP contribution in [0.4, 0.5) is 0 Å². The van der Waals surface area contributed by atoms with Gasteiger partial charge in [-0.25, -0.2) is 0 Å². The third-order valence-corrected chi connectivity index (χ3v) is 3.35. The molecule has 2 rings (SSSR count). The Bertz CT molecular complexity index is 474. The second-order valence-corrected chi connectivity index (χ2v) is 4.92. The van der Waals surface area contributed by atoms with Gasteiger partial charge < -0.3 is 10.2 Å². The normalized spacial score (nSPS) is 15.0. The third-order valence-electron chi connectivity index (χ3n) is 3.35. The van der Waals surface area contributed by atoms with Crippen LogP contribution in [0.3, 0.4) is 0 Å². The van der Waals surface area contributed by atoms with Gasteiger partial charge in [-0.05, 0) is 18.4 Å². The molecule has 0 amide bonds. The van der Waals surface area contributed by atoms with Gasteiger partial charge in [0.05, 0.1) is 6.26 Å². The Morgan fingerprint density at radius 1 is 1.29 bits per heavy atom. The number of hydrogen-bond acceptors (Lipinski definition) is 2. The van der Waals surface area contributed by atoms with Crippen LogP contribution in [0.5, 0.6) is 0 Å². The first kappa shape index (κ1) is 12.2. The van der Waals surface area contributed by atoms with Crippen molar-refractivity contribution in [1.82, 2.24) is 0 Å². The fourth-order valence-corrected chi connectivity index (χ4v) is 2.46. The molecule has 0 radical (unpaired) electrons. The van der Waals surface area contributed by atoms with Gasteiger partial charge in [-0.1, -0.05) is 44.9 Å². The second-order valence-electron chi connectivity index (χ2n) is 4.92. The third kappa shape index (κ3) is 2.70. The Kier molecular flexibility index (Phi) is 3.85. The van der Waals surface area contributed by atoms with Gasteiger partial charge in [0, 0.05) is 17.0 Å². The van der Waals surface area contributed by atoms with E-state index < -0.39 is 0 Å². The summed E-state index contributed by atoms with van der Waals surface area (Å²) >= 11 is 0. The molecule has 2 atom stereocenters. The zero-order valence-corrected chi connectivity index (χ0v) is 10.6. The fourth-order valence-electron chi connectivity index (χ4n) is 2.46. The molecule has 92 valence electrons. The molecule has 1 aromatic carbocycles. The van der Waals surface area contributed by atoms with Crippen LogP contribution in [0.2, 0.25) is 0 Å². The van der Waals surface area contributed by atoms with Crippen molar-refractivity contribution in [2.75, 3.05) is 0 Å². The van der Waals surface area contributed by atoms with Gasteiger partial charge in [0.1, 0.15) is 5.58 Å². The van der Waals surface area contributed by atoms with Crippen molar-refractivity contribution in [3.63, 3.8) is 0 Å². The quantitative estimate of drug-likeness (QED) is 0.835. The molecular formula is C15H21NO. The monoisotopic (exact) mass is 231 g/mol. The minimum absolute atomic E-state index is 0.0835. The Morgan fingerprint density at radius 2 is 2.06 bits per heavy atom. The van der Waals surface area contributed by atoms with Crippen molar-refractivity contribution < 1.29 is 4.42 Å². The van der Waals surface area contributed by atoms with Gasteiger partial charge >= 0.3 is 0 Å². The van der Waals surface area contributed by atoms with Gasteiger partial charge in [-0.15, -0.1) is 0 Å². The molecule has 0 saturated carbocycles. The van der Waals surface area contributed by atoms with Crippen molar-refractivity contribution in [2.45, 2.75) is 39.2 Å². The van der Waals surface area contributed by atoms with Crippen LogP contribution in [0.15, 0.2) is 34.9 Å². The number of para-hydroxylation sites is 1. The van der Waals surface area contributed by atoms with Gasteiger partial charge in [0.2, 0.25) is 0 Å². The summed E-state index contributed by atoms with van der Waals surface area (Å²) in [7, 11) is 0. The Hall–Kier alpha value is -1.28. The van der Waals surface area contributed by atoms with Crippen molar-refractivity contribution in [1.29, 1.82) is 0 Å². The minimum atomic E-state index is 0.0835. The average Bonchev–Trinajstić information content (AvgIpc) is 2.72. The number of benzene rings is 1. The number of nitrogens with two attached hydrogens (primary N) is 1. The Labute approximate surface area is 103 Å². The van der Waals surface area contributed by atoms with Gasteiger partial charge in [-0.3, -0.25) is 0 Å². The lowest BCUT2D eigenvalue weighted by Crippen LogP contribution is -2.13. The molecule has 0 fully saturated rings. The van der Waals surface area contributed by atoms with Crippen LogP contribution in [-0.2, 0) is 0 Å². The maximum atomic E-state index is 6.28. The highest BCUT2D eigenvalue weighted by molar-refractivity contribution is 5.81. The van der Waals surface area contributed by atoms with Gasteiger partial charge in [-0.2, -0.15) is 0 Å². The molecule has 2 heteroatoms. The van der Waals surface area contributed by atoms with Crippen molar-refractivity contribution in [2.24, 2.45) is 11.7 Å². The molecule has 1 aromatic heterocycles. The van der Waals surface area contributed by atoms with E-state index >= 15 is 0 Å². The number of hydrogen-bond donors (Lipinski definition) is 1. The molecule has 2 nitrogen and oxygen atoms in total. The lowest BCUT2D eigenvalue weighted by Gasteiger charge is -2.15. The van der Waals surface area contributed by atoms with Crippen LogP contribution >= 0.6 is 0 Å². The molecule has 0 spiro atoms. The molecule has 2 unspecified atom stereocenters. The molecule has 0 aliphatic heterocycles. The zero-order chi connectivity index (χ0) is 12.3. The first-order chi connectivity index (χ1) is 8.22. The van der Waals surface area contributed by atoms with E-state index in [0.29, 0.717) is 5.92 Å². The standard InChI is InChI=1S/C15H21NO/c1-3-6-11(2)9-14(16)13-10-17-15-8-5-4-7-12(13)15/h4-5,7-8,10-11,14H,3,6,9,16H2,1-2H3. The molecule has 2 N–H and O–H groups in total. The summed E-state index contributed by atoms with van der Waals surface area (Å²) in [6, 6.07) is 8.17. The largest absolute Gasteiger partial charge is 0.464 e. The molecule has 1 heterocycles. The van der Waals surface area contributed by atoms with E-state index in [2.05, 4.69) is 19.9 Å². The highest BCUT2D eigenvalue weighted by Crippen LogP contribution is 2.29. The summed E-state index contributed by atoms with van der Waals surface area (Å²) in [6.45, 7) is 4.49. The van der Waals surface area contributed by atoms with E-state index in [9.17, 15) is 0 Å². The highest BCUT2D eigenvalue weighted by atomic mass is 16.3. The molecule has 0 aliphatic carbocycles. The smallest absolute Gasteiger partial charge is 0.134 e. The summed E-state index contributed by atoms with van der Waals surface area (Å²) < 4.78 is 5.53. The summed E-state index contributed by atoms with van der Waals surface area (Å²) in [5.74, 6) is 0.670. The number of furan rings is 1. The maximum Gasteiger partial charge on any atom is 0.134 e. The van der Waals surface area contributed by atoms with Gasteiger partial charge in [0.25, 0.3) is 0 Å². The van der Waals surface area contributed by atoms with Crippen molar-refractivity contribution in [3.05, 3.63) is 36.1 Å². The molecule has 0 saturated heterocycles. The van der Waals surface area contributed by atoms with Crippen LogP contribution in [0.1, 0.15) is 44.7 Å². The van der Waals surface area contributed by atoms with Crippen LogP contribution in [-0.4, -0.2) is 0 Å². The van der Waals surface area contributed by atoms with E-state index in [1.165, 1.54) is 12.8 Å². The number of fused-ring (bicyclic) bond motifs is 1. The number of rotatable bonds is 5. The van der Waals surface area contributed by atoms with E-state index in [-0.39, 0.29) is 6.04 Å². The predicted octanol–water partition coefficient (Wildman–Crippen LogP) is 4.26. The van der Waals surface area contributed by atoms with Crippen molar-refractivity contribution >= 4 is 11.0 Å². The van der Waals surface area contributed by atoms with Crippen LogP contribution in [0, 0.1) is 5.92 Å². The first-order valence-corrected chi connectivity index (χ1v) is 6.44. The predicted molar refractivity (Wildman–Crippen MR) is 71.8 cm³/mol. The summed E-state index contributed by atoms with van der Waals surface area (Å²) in [6.07, 6.45) is 5.30. The van der Waals surface area contributed by atoms with Gasteiger partial charge in [0.15, 0.2) is 0 Å². The van der Waals surface area contributed by atoms with Crippen LogP contribution in [0.25, 0.3) is 11.0 Å². The highest BCUT2D eigenvalue weighted by Gasteiger charge is 2.15. The average molecular weight is 231 g/mol. The lowest BCUT2D eigenvalue weighted by atomic mass is 9.93. The summed E-state index contributed by atoms with van der Waals surface area (Å²) in [4.78, 5) is 0. The Morgan fingerprint density at radius 3 is 2.82 bits per heavy atom. The summed E-state index contributed by atoms with van der Waals surface area (Å²) in [5.41, 5.74) is 8.35. The van der Waals surface area contributed by atoms with E-state index in [1.54, 1.807) is 0 Å². The molecular weight excluding hydrogens is 210 g/mol. The molecule has 17 heavy (non-hydrogen) atoms. The fraction of sp³-hybridized carbons (Fsp3) is 0.467. The van der Waals surface area contributed by atoms with E-state index in [4.69, 9.17) is 10.2 Å². The van der Waals surface area contributed by atoms with Crippen molar-refractivity contribution in [3.8, 4) is 0 Å². The van der Waals surface area contributed by atoms with E-state index in [0.717, 1.165) is 23.0 Å². The van der Waals surface area contributed by atoms with Crippen LogP contribution < -0.4 is 5.73 Å². The SMILES string of the molecule is CCCC(C)CC(N)c1coc2ccccc12. The topological polar surface area (TPSA) is 39.2 Å². The lowest BCUT2D eigenvalue weighted by molar-refractivity contribution is 0.439.